The zero-order valence-electron chi connectivity index (χ0n) is 9.61. The Morgan fingerprint density at radius 2 is 2.13 bits per heavy atom. The number of ketones is 1. The van der Waals surface area contributed by atoms with Gasteiger partial charge in [-0.3, -0.25) is 4.79 Å². The van der Waals surface area contributed by atoms with Gasteiger partial charge in [0.15, 0.2) is 0 Å². The topological polar surface area (TPSA) is 37.3 Å². The van der Waals surface area contributed by atoms with Crippen LogP contribution in [0.1, 0.15) is 51.9 Å². The van der Waals surface area contributed by atoms with Crippen molar-refractivity contribution in [2.45, 2.75) is 58.0 Å². The molecule has 1 aliphatic rings. The van der Waals surface area contributed by atoms with Gasteiger partial charge in [0, 0.05) is 18.8 Å². The maximum Gasteiger partial charge on any atom is 0.136 e. The molecular weight excluding hydrogens is 188 g/mol. The normalized spacial score (nSPS) is 26.7. The van der Waals surface area contributed by atoms with E-state index < -0.39 is 6.10 Å². The number of unbranched alkanes of at least 4 members (excludes halogenated alkanes) is 4. The molecule has 2 heteroatoms. The van der Waals surface area contributed by atoms with Crippen molar-refractivity contribution in [1.29, 1.82) is 0 Å². The second-order valence-electron chi connectivity index (χ2n) is 4.46. The summed E-state index contributed by atoms with van der Waals surface area (Å²) in [6.45, 7) is 2.20. The largest absolute Gasteiger partial charge is 0.392 e. The lowest BCUT2D eigenvalue weighted by Gasteiger charge is -2.06. The van der Waals surface area contributed by atoms with Crippen LogP contribution in [0.5, 0.6) is 0 Å². The van der Waals surface area contributed by atoms with E-state index in [2.05, 4.69) is 13.0 Å². The SMILES string of the molecule is CCCCCC/C=C/[C@@H]1CC(=O)CC1O. The van der Waals surface area contributed by atoms with Crippen LogP contribution in [0, 0.1) is 5.92 Å². The number of aliphatic hydroxyl groups is 1. The van der Waals surface area contributed by atoms with Crippen molar-refractivity contribution in [3.8, 4) is 0 Å². The van der Waals surface area contributed by atoms with Gasteiger partial charge in [0.1, 0.15) is 5.78 Å². The van der Waals surface area contributed by atoms with E-state index in [1.165, 1.54) is 25.7 Å². The molecule has 0 aromatic carbocycles. The predicted molar refractivity (Wildman–Crippen MR) is 61.6 cm³/mol. The third kappa shape index (κ3) is 4.61. The lowest BCUT2D eigenvalue weighted by Crippen LogP contribution is -2.09. The van der Waals surface area contributed by atoms with E-state index in [0.717, 1.165) is 6.42 Å². The quantitative estimate of drug-likeness (QED) is 0.540. The molecule has 2 nitrogen and oxygen atoms in total. The van der Waals surface area contributed by atoms with E-state index >= 15 is 0 Å². The highest BCUT2D eigenvalue weighted by atomic mass is 16.3. The van der Waals surface area contributed by atoms with Crippen molar-refractivity contribution in [2.24, 2.45) is 5.92 Å². The van der Waals surface area contributed by atoms with Gasteiger partial charge >= 0.3 is 0 Å². The second kappa shape index (κ2) is 6.78. The molecular formula is C13H22O2. The van der Waals surface area contributed by atoms with Gasteiger partial charge < -0.3 is 5.11 Å². The predicted octanol–water partition coefficient (Wildman–Crippen LogP) is 2.85. The van der Waals surface area contributed by atoms with Crippen molar-refractivity contribution in [2.75, 3.05) is 0 Å². The number of Topliss-reactive ketones (excluding diaryl/α,β-unsaturated/α-hetero) is 1. The minimum Gasteiger partial charge on any atom is -0.392 e. The summed E-state index contributed by atoms with van der Waals surface area (Å²) < 4.78 is 0. The molecule has 0 saturated heterocycles. The third-order valence-corrected chi connectivity index (χ3v) is 3.00. The zero-order valence-corrected chi connectivity index (χ0v) is 9.61. The Kier molecular flexibility index (Phi) is 5.62. The average molecular weight is 210 g/mol. The maximum absolute atomic E-state index is 11.0. The molecule has 0 bridgehead atoms. The number of hydrogen-bond donors (Lipinski definition) is 1. The Labute approximate surface area is 92.4 Å². The van der Waals surface area contributed by atoms with Crippen LogP contribution in [0.2, 0.25) is 0 Å². The van der Waals surface area contributed by atoms with Crippen LogP contribution >= 0.6 is 0 Å². The fourth-order valence-corrected chi connectivity index (χ4v) is 2.02. The highest BCUT2D eigenvalue weighted by Crippen LogP contribution is 2.24. The lowest BCUT2D eigenvalue weighted by atomic mass is 10.0. The summed E-state index contributed by atoms with van der Waals surface area (Å²) in [5.41, 5.74) is 0. The summed E-state index contributed by atoms with van der Waals surface area (Å²) in [5.74, 6) is 0.284. The van der Waals surface area contributed by atoms with E-state index in [-0.39, 0.29) is 11.7 Å². The van der Waals surface area contributed by atoms with Crippen LogP contribution in [0.3, 0.4) is 0 Å². The standard InChI is InChI=1S/C13H22O2/c1-2-3-4-5-6-7-8-11-9-12(14)10-13(11)15/h7-8,11,13,15H,2-6,9-10H2,1H3/b8-7+/t11-,13?/m1/s1. The molecule has 15 heavy (non-hydrogen) atoms. The number of carbonyl (C=O) groups is 1. The Hall–Kier alpha value is -0.630. The Bertz CT molecular complexity index is 221. The number of aliphatic hydroxyl groups excluding tert-OH is 1. The molecule has 0 radical (unpaired) electrons. The van der Waals surface area contributed by atoms with Crippen molar-refractivity contribution >= 4 is 5.78 Å². The third-order valence-electron chi connectivity index (χ3n) is 3.00. The molecule has 0 aliphatic heterocycles. The van der Waals surface area contributed by atoms with Crippen molar-refractivity contribution in [3.05, 3.63) is 12.2 Å². The Balaban J connectivity index is 2.12. The molecule has 0 heterocycles. The van der Waals surface area contributed by atoms with Crippen molar-refractivity contribution in [1.82, 2.24) is 0 Å². The summed E-state index contributed by atoms with van der Waals surface area (Å²) >= 11 is 0. The molecule has 2 atom stereocenters. The molecule has 1 rings (SSSR count). The Morgan fingerprint density at radius 1 is 1.33 bits per heavy atom. The number of allylic oxidation sites excluding steroid dienone is 1. The zero-order chi connectivity index (χ0) is 11.1. The number of hydrogen-bond acceptors (Lipinski definition) is 2. The first-order valence-corrected chi connectivity index (χ1v) is 6.10. The molecule has 86 valence electrons. The highest BCUT2D eigenvalue weighted by Gasteiger charge is 2.28. The van der Waals surface area contributed by atoms with E-state index in [4.69, 9.17) is 0 Å². The van der Waals surface area contributed by atoms with Gasteiger partial charge in [0.2, 0.25) is 0 Å². The minimum absolute atomic E-state index is 0.0867. The fourth-order valence-electron chi connectivity index (χ4n) is 2.02. The summed E-state index contributed by atoms with van der Waals surface area (Å²) in [6, 6.07) is 0. The summed E-state index contributed by atoms with van der Waals surface area (Å²) in [4.78, 5) is 11.0. The van der Waals surface area contributed by atoms with Crippen molar-refractivity contribution in [3.63, 3.8) is 0 Å². The van der Waals surface area contributed by atoms with Crippen LogP contribution in [0.4, 0.5) is 0 Å². The minimum atomic E-state index is -0.426. The highest BCUT2D eigenvalue weighted by molar-refractivity contribution is 5.81. The van der Waals surface area contributed by atoms with E-state index in [0.29, 0.717) is 12.8 Å². The van der Waals surface area contributed by atoms with Gasteiger partial charge in [-0.1, -0.05) is 38.3 Å². The first-order chi connectivity index (χ1) is 7.24. The van der Waals surface area contributed by atoms with Gasteiger partial charge in [0.05, 0.1) is 6.10 Å². The maximum atomic E-state index is 11.0. The molecule has 0 aromatic heterocycles. The molecule has 1 aliphatic carbocycles. The fraction of sp³-hybridized carbons (Fsp3) is 0.769. The monoisotopic (exact) mass is 210 g/mol. The summed E-state index contributed by atoms with van der Waals surface area (Å²) in [6.07, 6.45) is 10.8. The van der Waals surface area contributed by atoms with Crippen LogP contribution < -0.4 is 0 Å². The van der Waals surface area contributed by atoms with Crippen molar-refractivity contribution < 1.29 is 9.90 Å². The smallest absolute Gasteiger partial charge is 0.136 e. The lowest BCUT2D eigenvalue weighted by molar-refractivity contribution is -0.117. The van der Waals surface area contributed by atoms with E-state index in [1.807, 2.05) is 6.08 Å². The van der Waals surface area contributed by atoms with Crippen LogP contribution in [0.25, 0.3) is 0 Å². The van der Waals surface area contributed by atoms with E-state index in [1.54, 1.807) is 0 Å². The van der Waals surface area contributed by atoms with Gasteiger partial charge in [-0.15, -0.1) is 0 Å². The molecule has 0 spiro atoms. The van der Waals surface area contributed by atoms with Gasteiger partial charge in [-0.25, -0.2) is 0 Å². The molecule has 1 saturated carbocycles. The molecule has 0 aromatic rings. The number of rotatable bonds is 6. The second-order valence-corrected chi connectivity index (χ2v) is 4.46. The first-order valence-electron chi connectivity index (χ1n) is 6.10. The first kappa shape index (κ1) is 12.4. The van der Waals surface area contributed by atoms with Crippen LogP contribution in [-0.2, 0) is 4.79 Å². The molecule has 1 N–H and O–H groups in total. The van der Waals surface area contributed by atoms with E-state index in [9.17, 15) is 9.90 Å². The van der Waals surface area contributed by atoms with Crippen LogP contribution in [0.15, 0.2) is 12.2 Å². The summed E-state index contributed by atoms with van der Waals surface area (Å²) in [5, 5.41) is 9.53. The van der Waals surface area contributed by atoms with Crippen LogP contribution in [-0.4, -0.2) is 17.0 Å². The van der Waals surface area contributed by atoms with Gasteiger partial charge in [-0.2, -0.15) is 0 Å². The molecule has 1 unspecified atom stereocenters. The molecule has 1 fully saturated rings. The van der Waals surface area contributed by atoms with Gasteiger partial charge in [-0.05, 0) is 12.8 Å². The molecule has 0 amide bonds. The summed E-state index contributed by atoms with van der Waals surface area (Å²) in [7, 11) is 0. The number of carbonyl (C=O) groups excluding carboxylic acids is 1. The Morgan fingerprint density at radius 3 is 2.73 bits per heavy atom. The van der Waals surface area contributed by atoms with Gasteiger partial charge in [0.25, 0.3) is 0 Å². The average Bonchev–Trinajstić information content (AvgIpc) is 2.51.